The van der Waals surface area contributed by atoms with E-state index in [1.807, 2.05) is 6.92 Å². The second-order valence-electron chi connectivity index (χ2n) is 4.12. The molecule has 3 heteroatoms. The van der Waals surface area contributed by atoms with Gasteiger partial charge in [0.15, 0.2) is 0 Å². The maximum absolute atomic E-state index is 11.7. The monoisotopic (exact) mass is 213 g/mol. The molecular formula is C12H23NO2. The predicted octanol–water partition coefficient (Wildman–Crippen LogP) is 2.20. The lowest BCUT2D eigenvalue weighted by molar-refractivity contribution is -0.149. The molecule has 1 aliphatic rings. The summed E-state index contributed by atoms with van der Waals surface area (Å²) in [5.74, 6) is -0.0260. The Kier molecular flexibility index (Phi) is 5.09. The normalized spacial score (nSPS) is 22.3. The Morgan fingerprint density at radius 1 is 1.40 bits per heavy atom. The van der Waals surface area contributed by atoms with Crippen molar-refractivity contribution in [1.29, 1.82) is 0 Å². The van der Waals surface area contributed by atoms with Crippen molar-refractivity contribution in [2.45, 2.75) is 58.5 Å². The van der Waals surface area contributed by atoms with Crippen LogP contribution in [0.25, 0.3) is 0 Å². The van der Waals surface area contributed by atoms with E-state index >= 15 is 0 Å². The number of carbonyl (C=O) groups is 1. The van der Waals surface area contributed by atoms with Crippen LogP contribution in [-0.2, 0) is 9.53 Å². The topological polar surface area (TPSA) is 29.5 Å². The Balaban J connectivity index is 2.59. The molecule has 0 bridgehead atoms. The molecule has 1 unspecified atom stereocenters. The Bertz CT molecular complexity index is 202. The van der Waals surface area contributed by atoms with Gasteiger partial charge in [0.2, 0.25) is 0 Å². The van der Waals surface area contributed by atoms with E-state index in [1.54, 1.807) is 0 Å². The molecular weight excluding hydrogens is 190 g/mol. The minimum absolute atomic E-state index is 0.0230. The fourth-order valence-corrected chi connectivity index (χ4v) is 2.48. The van der Waals surface area contributed by atoms with Crippen molar-refractivity contribution in [2.24, 2.45) is 0 Å². The number of ether oxygens (including phenoxy) is 1. The smallest absolute Gasteiger partial charge is 0.323 e. The van der Waals surface area contributed by atoms with Gasteiger partial charge in [0.1, 0.15) is 6.04 Å². The molecule has 1 fully saturated rings. The second kappa shape index (κ2) is 6.11. The van der Waals surface area contributed by atoms with Crippen LogP contribution >= 0.6 is 0 Å². The Labute approximate surface area is 92.8 Å². The van der Waals surface area contributed by atoms with E-state index in [2.05, 4.69) is 18.7 Å². The highest BCUT2D eigenvalue weighted by Gasteiger charge is 2.34. The summed E-state index contributed by atoms with van der Waals surface area (Å²) < 4.78 is 5.11. The van der Waals surface area contributed by atoms with Crippen LogP contribution in [0.4, 0.5) is 0 Å². The van der Waals surface area contributed by atoms with Gasteiger partial charge in [0.25, 0.3) is 0 Å². The summed E-state index contributed by atoms with van der Waals surface area (Å²) in [6.07, 6.45) is 4.33. The number of hydrogen-bond donors (Lipinski definition) is 0. The predicted molar refractivity (Wildman–Crippen MR) is 60.7 cm³/mol. The Morgan fingerprint density at radius 3 is 2.60 bits per heavy atom. The molecule has 1 atom stereocenters. The number of esters is 1. The van der Waals surface area contributed by atoms with Crippen LogP contribution in [0.5, 0.6) is 0 Å². The molecule has 0 aromatic carbocycles. The first kappa shape index (κ1) is 12.5. The van der Waals surface area contributed by atoms with Gasteiger partial charge in [0.05, 0.1) is 6.61 Å². The molecule has 0 N–H and O–H groups in total. The zero-order valence-electron chi connectivity index (χ0n) is 10.2. The van der Waals surface area contributed by atoms with Crippen LogP contribution in [0.3, 0.4) is 0 Å². The van der Waals surface area contributed by atoms with Crippen molar-refractivity contribution in [3.63, 3.8) is 0 Å². The molecule has 0 aromatic rings. The average molecular weight is 213 g/mol. The Hall–Kier alpha value is -0.570. The fraction of sp³-hybridized carbons (Fsp3) is 0.917. The molecule has 1 heterocycles. The maximum Gasteiger partial charge on any atom is 0.323 e. The largest absolute Gasteiger partial charge is 0.465 e. The fourth-order valence-electron chi connectivity index (χ4n) is 2.48. The SMILES string of the molecule is CCOC(=O)C1CCCN1C(CC)CC. The first-order valence-electron chi connectivity index (χ1n) is 6.16. The third kappa shape index (κ3) is 2.94. The van der Waals surface area contributed by atoms with E-state index in [0.717, 1.165) is 32.2 Å². The molecule has 0 aromatic heterocycles. The summed E-state index contributed by atoms with van der Waals surface area (Å²) >= 11 is 0. The summed E-state index contributed by atoms with van der Waals surface area (Å²) in [6, 6.07) is 0.566. The minimum Gasteiger partial charge on any atom is -0.465 e. The zero-order valence-corrected chi connectivity index (χ0v) is 10.2. The molecule has 15 heavy (non-hydrogen) atoms. The minimum atomic E-state index is -0.0260. The second-order valence-corrected chi connectivity index (χ2v) is 4.12. The third-order valence-electron chi connectivity index (χ3n) is 3.26. The van der Waals surface area contributed by atoms with Crippen LogP contribution in [0.1, 0.15) is 46.5 Å². The molecule has 1 rings (SSSR count). The average Bonchev–Trinajstić information content (AvgIpc) is 2.69. The number of carbonyl (C=O) groups excluding carboxylic acids is 1. The zero-order chi connectivity index (χ0) is 11.3. The van der Waals surface area contributed by atoms with Crippen LogP contribution < -0.4 is 0 Å². The van der Waals surface area contributed by atoms with Gasteiger partial charge in [-0.25, -0.2) is 0 Å². The lowest BCUT2D eigenvalue weighted by Gasteiger charge is -2.30. The van der Waals surface area contributed by atoms with Gasteiger partial charge in [-0.05, 0) is 39.2 Å². The van der Waals surface area contributed by atoms with Crippen LogP contribution in [0.2, 0.25) is 0 Å². The van der Waals surface area contributed by atoms with Gasteiger partial charge in [-0.1, -0.05) is 13.8 Å². The summed E-state index contributed by atoms with van der Waals surface area (Å²) in [7, 11) is 0. The molecule has 3 nitrogen and oxygen atoms in total. The van der Waals surface area contributed by atoms with Crippen molar-refractivity contribution < 1.29 is 9.53 Å². The summed E-state index contributed by atoms with van der Waals surface area (Å²) in [5.41, 5.74) is 0. The molecule has 1 aliphatic heterocycles. The van der Waals surface area contributed by atoms with E-state index in [4.69, 9.17) is 4.74 Å². The molecule has 0 saturated carbocycles. The van der Waals surface area contributed by atoms with Crippen LogP contribution in [0, 0.1) is 0 Å². The molecule has 0 radical (unpaired) electrons. The third-order valence-corrected chi connectivity index (χ3v) is 3.26. The van der Waals surface area contributed by atoms with E-state index in [1.165, 1.54) is 0 Å². The summed E-state index contributed by atoms with van der Waals surface area (Å²) in [6.45, 7) is 7.79. The molecule has 1 saturated heterocycles. The van der Waals surface area contributed by atoms with Crippen molar-refractivity contribution in [3.05, 3.63) is 0 Å². The van der Waals surface area contributed by atoms with E-state index in [9.17, 15) is 4.79 Å². The van der Waals surface area contributed by atoms with Crippen molar-refractivity contribution in [2.75, 3.05) is 13.2 Å². The first-order chi connectivity index (χ1) is 7.24. The summed E-state index contributed by atoms with van der Waals surface area (Å²) in [5, 5.41) is 0. The molecule has 0 amide bonds. The number of rotatable bonds is 5. The van der Waals surface area contributed by atoms with E-state index in [0.29, 0.717) is 12.6 Å². The van der Waals surface area contributed by atoms with E-state index < -0.39 is 0 Å². The van der Waals surface area contributed by atoms with E-state index in [-0.39, 0.29) is 12.0 Å². The molecule has 0 spiro atoms. The van der Waals surface area contributed by atoms with Gasteiger partial charge in [-0.2, -0.15) is 0 Å². The molecule has 0 aliphatic carbocycles. The van der Waals surface area contributed by atoms with Crippen molar-refractivity contribution in [3.8, 4) is 0 Å². The van der Waals surface area contributed by atoms with Gasteiger partial charge in [0, 0.05) is 6.04 Å². The maximum atomic E-state index is 11.7. The van der Waals surface area contributed by atoms with Gasteiger partial charge >= 0.3 is 5.97 Å². The van der Waals surface area contributed by atoms with Crippen LogP contribution in [-0.4, -0.2) is 36.1 Å². The quantitative estimate of drug-likeness (QED) is 0.656. The lowest BCUT2D eigenvalue weighted by Crippen LogP contribution is -2.43. The highest BCUT2D eigenvalue weighted by Crippen LogP contribution is 2.24. The van der Waals surface area contributed by atoms with Crippen LogP contribution in [0.15, 0.2) is 0 Å². The highest BCUT2D eigenvalue weighted by atomic mass is 16.5. The number of nitrogens with zero attached hydrogens (tertiary/aromatic N) is 1. The summed E-state index contributed by atoms with van der Waals surface area (Å²) in [4.78, 5) is 14.1. The lowest BCUT2D eigenvalue weighted by atomic mass is 10.1. The Morgan fingerprint density at radius 2 is 2.07 bits per heavy atom. The van der Waals surface area contributed by atoms with Gasteiger partial charge in [-0.15, -0.1) is 0 Å². The molecule has 88 valence electrons. The highest BCUT2D eigenvalue weighted by molar-refractivity contribution is 5.76. The standard InChI is InChI=1S/C12H23NO2/c1-4-10(5-2)13-9-7-8-11(13)12(14)15-6-3/h10-11H,4-9H2,1-3H3. The first-order valence-corrected chi connectivity index (χ1v) is 6.16. The van der Waals surface area contributed by atoms with Gasteiger partial charge in [-0.3, -0.25) is 9.69 Å². The van der Waals surface area contributed by atoms with Gasteiger partial charge < -0.3 is 4.74 Å². The number of likely N-dealkylation sites (tertiary alicyclic amines) is 1. The number of hydrogen-bond acceptors (Lipinski definition) is 3. The van der Waals surface area contributed by atoms with Crippen molar-refractivity contribution in [1.82, 2.24) is 4.90 Å². The van der Waals surface area contributed by atoms with Crippen molar-refractivity contribution >= 4 is 5.97 Å².